The first-order valence-electron chi connectivity index (χ1n) is 3.87. The Hall–Kier alpha value is 0.0169. The van der Waals surface area contributed by atoms with Crippen molar-refractivity contribution in [2.45, 2.75) is 20.4 Å². The Labute approximate surface area is 83.9 Å². The van der Waals surface area contributed by atoms with E-state index in [1.54, 1.807) is 0 Å². The summed E-state index contributed by atoms with van der Waals surface area (Å²) in [4.78, 5) is 0. The van der Waals surface area contributed by atoms with Crippen LogP contribution in [-0.2, 0) is 0 Å². The van der Waals surface area contributed by atoms with E-state index in [1.807, 2.05) is 12.6 Å². The molecule has 0 atom stereocenters. The third-order valence-electron chi connectivity index (χ3n) is 1.85. The van der Waals surface area contributed by atoms with Gasteiger partial charge in [0.05, 0.1) is 0 Å². The molecule has 0 N–H and O–H groups in total. The Morgan fingerprint density at radius 1 is 1.17 bits per heavy atom. The molecule has 0 aromatic heterocycles. The molecule has 0 aliphatic carbocycles. The quantitative estimate of drug-likeness (QED) is 0.503. The molecule has 0 aliphatic heterocycles. The van der Waals surface area contributed by atoms with Crippen LogP contribution in [0.3, 0.4) is 0 Å². The molecule has 66 valence electrons. The van der Waals surface area contributed by atoms with Gasteiger partial charge in [0, 0.05) is 0 Å². The molecule has 0 nitrogen and oxygen atoms in total. The second-order valence-corrected chi connectivity index (χ2v) is 10.6. The Morgan fingerprint density at radius 2 is 1.75 bits per heavy atom. The Morgan fingerprint density at radius 3 is 2.17 bits per heavy atom. The highest BCUT2D eigenvalue weighted by Crippen LogP contribution is 2.16. The van der Waals surface area contributed by atoms with Crippen molar-refractivity contribution in [2.75, 3.05) is 0 Å². The van der Waals surface area contributed by atoms with Crippen molar-refractivity contribution in [1.82, 2.24) is 0 Å². The van der Waals surface area contributed by atoms with Gasteiger partial charge in [-0.3, -0.25) is 0 Å². The molecular formula is C9H12Cl2Si. The minimum absolute atomic E-state index is 1.12. The second-order valence-electron chi connectivity index (χ2n) is 3.21. The predicted molar refractivity (Wildman–Crippen MR) is 58.9 cm³/mol. The smallest absolute Gasteiger partial charge is 0.140 e. The maximum Gasteiger partial charge on any atom is 0.278 e. The largest absolute Gasteiger partial charge is 0.278 e. The van der Waals surface area contributed by atoms with Gasteiger partial charge in [-0.15, -0.1) is 22.2 Å². The maximum absolute atomic E-state index is 6.12. The van der Waals surface area contributed by atoms with Gasteiger partial charge in [-0.25, -0.2) is 0 Å². The van der Waals surface area contributed by atoms with Crippen molar-refractivity contribution in [1.29, 1.82) is 0 Å². The highest BCUT2D eigenvalue weighted by Gasteiger charge is 2.25. The van der Waals surface area contributed by atoms with Crippen LogP contribution in [-0.4, -0.2) is 6.69 Å². The normalized spacial score (nSPS) is 11.8. The maximum atomic E-state index is 6.12. The highest BCUT2D eigenvalue weighted by molar-refractivity contribution is 7.50. The van der Waals surface area contributed by atoms with Gasteiger partial charge in [0.1, 0.15) is 0 Å². The summed E-state index contributed by atoms with van der Waals surface area (Å²) in [6.45, 7) is 3.89. The summed E-state index contributed by atoms with van der Waals surface area (Å²) >= 11 is 12.2. The molecule has 1 aromatic rings. The van der Waals surface area contributed by atoms with Gasteiger partial charge in [-0.05, 0) is 31.1 Å². The predicted octanol–water partition coefficient (Wildman–Crippen LogP) is 3.06. The van der Waals surface area contributed by atoms with E-state index in [1.165, 1.54) is 11.1 Å². The molecule has 1 rings (SSSR count). The first-order valence-corrected chi connectivity index (χ1v) is 8.39. The van der Waals surface area contributed by atoms with Crippen LogP contribution in [0.4, 0.5) is 0 Å². The van der Waals surface area contributed by atoms with Crippen molar-refractivity contribution in [2.24, 2.45) is 0 Å². The SMILES string of the molecule is Cc1ccc([Si](C)(Cl)Cl)c(C)c1. The van der Waals surface area contributed by atoms with Crippen LogP contribution in [0.25, 0.3) is 0 Å². The van der Waals surface area contributed by atoms with Crippen LogP contribution >= 0.6 is 22.2 Å². The lowest BCUT2D eigenvalue weighted by Crippen LogP contribution is -2.34. The number of hydrogen-bond donors (Lipinski definition) is 0. The van der Waals surface area contributed by atoms with E-state index in [-0.39, 0.29) is 0 Å². The fourth-order valence-corrected chi connectivity index (χ4v) is 3.72. The van der Waals surface area contributed by atoms with E-state index in [2.05, 4.69) is 26.0 Å². The fourth-order valence-electron chi connectivity index (χ4n) is 1.31. The fraction of sp³-hybridized carbons (Fsp3) is 0.333. The van der Waals surface area contributed by atoms with Gasteiger partial charge < -0.3 is 0 Å². The summed E-state index contributed by atoms with van der Waals surface area (Å²) in [5.41, 5.74) is 2.46. The molecule has 0 bridgehead atoms. The Bertz CT molecular complexity index is 289. The first-order chi connectivity index (χ1) is 5.41. The molecule has 0 amide bonds. The molecule has 0 unspecified atom stereocenters. The number of hydrogen-bond acceptors (Lipinski definition) is 0. The minimum Gasteiger partial charge on any atom is -0.140 e. The van der Waals surface area contributed by atoms with Crippen LogP contribution in [0.1, 0.15) is 11.1 Å². The first kappa shape index (κ1) is 10.1. The zero-order valence-electron chi connectivity index (χ0n) is 7.49. The van der Waals surface area contributed by atoms with Crippen LogP contribution in [0, 0.1) is 13.8 Å². The van der Waals surface area contributed by atoms with Crippen LogP contribution in [0.2, 0.25) is 6.55 Å². The molecule has 12 heavy (non-hydrogen) atoms. The summed E-state index contributed by atoms with van der Waals surface area (Å²) in [7, 11) is 0. The van der Waals surface area contributed by atoms with Gasteiger partial charge in [-0.1, -0.05) is 23.8 Å². The molecule has 0 heterocycles. The number of halogens is 2. The zero-order chi connectivity index (χ0) is 9.35. The molecule has 0 saturated carbocycles. The van der Waals surface area contributed by atoms with Gasteiger partial charge >= 0.3 is 0 Å². The van der Waals surface area contributed by atoms with E-state index in [0.29, 0.717) is 0 Å². The lowest BCUT2D eigenvalue weighted by Gasteiger charge is -2.14. The minimum atomic E-state index is -2.16. The standard InChI is InChI=1S/C9H12Cl2Si/c1-7-4-5-9(8(2)6-7)12(3,10)11/h4-6H,1-3H3. The van der Waals surface area contributed by atoms with Crippen molar-refractivity contribution >= 4 is 34.0 Å². The van der Waals surface area contributed by atoms with Crippen molar-refractivity contribution in [3.63, 3.8) is 0 Å². The van der Waals surface area contributed by atoms with E-state index in [0.717, 1.165) is 5.19 Å². The van der Waals surface area contributed by atoms with Gasteiger partial charge in [0.15, 0.2) is 0 Å². The molecule has 1 aromatic carbocycles. The van der Waals surface area contributed by atoms with Crippen molar-refractivity contribution < 1.29 is 0 Å². The molecular weight excluding hydrogens is 207 g/mol. The second kappa shape index (κ2) is 3.41. The van der Waals surface area contributed by atoms with Gasteiger partial charge in [0.2, 0.25) is 0 Å². The lowest BCUT2D eigenvalue weighted by molar-refractivity contribution is 1.41. The highest BCUT2D eigenvalue weighted by atomic mass is 35.7. The van der Waals surface area contributed by atoms with Crippen molar-refractivity contribution in [3.8, 4) is 0 Å². The molecule has 0 spiro atoms. The van der Waals surface area contributed by atoms with Crippen LogP contribution < -0.4 is 5.19 Å². The van der Waals surface area contributed by atoms with E-state index < -0.39 is 6.69 Å². The van der Waals surface area contributed by atoms with Crippen molar-refractivity contribution in [3.05, 3.63) is 29.3 Å². The third-order valence-corrected chi connectivity index (χ3v) is 4.58. The topological polar surface area (TPSA) is 0 Å². The number of aryl methyl sites for hydroxylation is 2. The summed E-state index contributed by atoms with van der Waals surface area (Å²) in [6.07, 6.45) is 0. The number of benzene rings is 1. The summed E-state index contributed by atoms with van der Waals surface area (Å²) in [5, 5.41) is 1.12. The van der Waals surface area contributed by atoms with Crippen LogP contribution in [0.15, 0.2) is 18.2 Å². The van der Waals surface area contributed by atoms with Gasteiger partial charge in [0.25, 0.3) is 6.69 Å². The molecule has 0 fully saturated rings. The molecule has 0 saturated heterocycles. The Balaban J connectivity index is 3.19. The Kier molecular flexibility index (Phi) is 2.87. The summed E-state index contributed by atoms with van der Waals surface area (Å²) < 4.78 is 0. The summed E-state index contributed by atoms with van der Waals surface area (Å²) in [5.74, 6) is 0. The van der Waals surface area contributed by atoms with E-state index in [9.17, 15) is 0 Å². The molecule has 3 heteroatoms. The zero-order valence-corrected chi connectivity index (χ0v) is 10.00. The molecule has 0 radical (unpaired) electrons. The van der Waals surface area contributed by atoms with Crippen LogP contribution in [0.5, 0.6) is 0 Å². The third kappa shape index (κ3) is 2.25. The monoisotopic (exact) mass is 218 g/mol. The van der Waals surface area contributed by atoms with E-state index >= 15 is 0 Å². The van der Waals surface area contributed by atoms with E-state index in [4.69, 9.17) is 22.2 Å². The summed E-state index contributed by atoms with van der Waals surface area (Å²) in [6, 6.07) is 6.21. The molecule has 0 aliphatic rings. The lowest BCUT2D eigenvalue weighted by atomic mass is 10.2. The number of rotatable bonds is 1. The van der Waals surface area contributed by atoms with Gasteiger partial charge in [-0.2, -0.15) is 0 Å². The average molecular weight is 219 g/mol. The average Bonchev–Trinajstić information content (AvgIpc) is 1.83.